The van der Waals surface area contributed by atoms with E-state index in [9.17, 15) is 9.59 Å². The number of aliphatic carboxylic acids is 1. The summed E-state index contributed by atoms with van der Waals surface area (Å²) in [6.07, 6.45) is 0.382. The standard InChI is InChI=1S/C14H18Br2N2O3/c1-4-14(3,13(20)21)17-7-11(19)18-12-9(15)5-8(2)6-10(12)16/h5-6,17H,4,7H2,1-3H3,(H,18,19)(H,20,21). The molecule has 21 heavy (non-hydrogen) atoms. The van der Waals surface area contributed by atoms with Crippen LogP contribution in [0.4, 0.5) is 5.69 Å². The lowest BCUT2D eigenvalue weighted by Crippen LogP contribution is -2.51. The number of hydrogen-bond donors (Lipinski definition) is 3. The second-order valence-corrected chi connectivity index (χ2v) is 6.70. The van der Waals surface area contributed by atoms with Crippen LogP contribution in [0.1, 0.15) is 25.8 Å². The van der Waals surface area contributed by atoms with Crippen molar-refractivity contribution in [2.75, 3.05) is 11.9 Å². The van der Waals surface area contributed by atoms with Crippen molar-refractivity contribution in [3.8, 4) is 0 Å². The first kappa shape index (κ1) is 18.1. The van der Waals surface area contributed by atoms with Gasteiger partial charge in [0.15, 0.2) is 0 Å². The summed E-state index contributed by atoms with van der Waals surface area (Å²) in [5.41, 5.74) is 0.564. The SMILES string of the molecule is CCC(C)(NCC(=O)Nc1c(Br)cc(C)cc1Br)C(=O)O. The largest absolute Gasteiger partial charge is 0.480 e. The number of halogens is 2. The molecule has 1 aromatic carbocycles. The monoisotopic (exact) mass is 420 g/mol. The van der Waals surface area contributed by atoms with Gasteiger partial charge in [0.1, 0.15) is 5.54 Å². The topological polar surface area (TPSA) is 78.4 Å². The van der Waals surface area contributed by atoms with Crippen LogP contribution in [-0.4, -0.2) is 29.1 Å². The van der Waals surface area contributed by atoms with Gasteiger partial charge >= 0.3 is 5.97 Å². The predicted molar refractivity (Wildman–Crippen MR) is 89.5 cm³/mol. The minimum atomic E-state index is -1.11. The molecule has 0 aliphatic carbocycles. The number of carbonyl (C=O) groups is 2. The van der Waals surface area contributed by atoms with Crippen LogP contribution in [0.2, 0.25) is 0 Å². The summed E-state index contributed by atoms with van der Waals surface area (Å²) in [7, 11) is 0. The molecule has 0 aliphatic heterocycles. The molecule has 3 N–H and O–H groups in total. The summed E-state index contributed by atoms with van der Waals surface area (Å²) in [5, 5.41) is 14.7. The predicted octanol–water partition coefficient (Wildman–Crippen LogP) is 3.30. The van der Waals surface area contributed by atoms with Crippen LogP contribution in [0.3, 0.4) is 0 Å². The van der Waals surface area contributed by atoms with Crippen LogP contribution in [0.25, 0.3) is 0 Å². The third-order valence-corrected chi connectivity index (χ3v) is 4.52. The Kier molecular flexibility index (Phi) is 6.37. The molecule has 0 radical (unpaired) electrons. The van der Waals surface area contributed by atoms with Crippen molar-refractivity contribution < 1.29 is 14.7 Å². The molecular formula is C14H18Br2N2O3. The van der Waals surface area contributed by atoms with E-state index in [4.69, 9.17) is 5.11 Å². The highest BCUT2D eigenvalue weighted by Gasteiger charge is 2.30. The van der Waals surface area contributed by atoms with Crippen LogP contribution in [0, 0.1) is 6.92 Å². The zero-order chi connectivity index (χ0) is 16.2. The maximum atomic E-state index is 12.0. The van der Waals surface area contributed by atoms with Crippen molar-refractivity contribution in [1.29, 1.82) is 0 Å². The fraction of sp³-hybridized carbons (Fsp3) is 0.429. The van der Waals surface area contributed by atoms with Crippen LogP contribution >= 0.6 is 31.9 Å². The molecule has 0 fully saturated rings. The molecule has 1 unspecified atom stereocenters. The minimum absolute atomic E-state index is 0.0800. The Bertz CT molecular complexity index is 540. The average Bonchev–Trinajstić information content (AvgIpc) is 2.39. The van der Waals surface area contributed by atoms with Crippen molar-refractivity contribution in [3.63, 3.8) is 0 Å². The Morgan fingerprint density at radius 2 is 1.81 bits per heavy atom. The third-order valence-electron chi connectivity index (χ3n) is 3.27. The number of aryl methyl sites for hydroxylation is 1. The number of carboxylic acids is 1. The zero-order valence-electron chi connectivity index (χ0n) is 12.1. The maximum Gasteiger partial charge on any atom is 0.323 e. The molecule has 1 rings (SSSR count). The molecule has 116 valence electrons. The molecule has 0 saturated heterocycles. The van der Waals surface area contributed by atoms with E-state index in [2.05, 4.69) is 42.5 Å². The van der Waals surface area contributed by atoms with Gasteiger partial charge in [0.25, 0.3) is 0 Å². The van der Waals surface area contributed by atoms with Gasteiger partial charge in [0.2, 0.25) is 5.91 Å². The molecule has 1 atom stereocenters. The zero-order valence-corrected chi connectivity index (χ0v) is 15.3. The molecule has 1 amide bonds. The molecule has 0 bridgehead atoms. The number of benzene rings is 1. The second-order valence-electron chi connectivity index (χ2n) is 5.00. The van der Waals surface area contributed by atoms with Gasteiger partial charge in [-0.2, -0.15) is 0 Å². The van der Waals surface area contributed by atoms with Gasteiger partial charge in [-0.3, -0.25) is 14.9 Å². The fourth-order valence-corrected chi connectivity index (χ4v) is 3.24. The number of hydrogen-bond acceptors (Lipinski definition) is 3. The summed E-state index contributed by atoms with van der Waals surface area (Å²) in [4.78, 5) is 23.1. The van der Waals surface area contributed by atoms with Crippen LogP contribution in [-0.2, 0) is 9.59 Å². The number of carbonyl (C=O) groups excluding carboxylic acids is 1. The van der Waals surface area contributed by atoms with E-state index in [1.165, 1.54) is 0 Å². The maximum absolute atomic E-state index is 12.0. The second kappa shape index (κ2) is 7.38. The van der Waals surface area contributed by atoms with Crippen molar-refractivity contribution >= 4 is 49.4 Å². The fourth-order valence-electron chi connectivity index (χ4n) is 1.63. The highest BCUT2D eigenvalue weighted by molar-refractivity contribution is 9.11. The van der Waals surface area contributed by atoms with E-state index in [-0.39, 0.29) is 12.5 Å². The lowest BCUT2D eigenvalue weighted by Gasteiger charge is -2.24. The van der Waals surface area contributed by atoms with Crippen molar-refractivity contribution in [2.45, 2.75) is 32.7 Å². The summed E-state index contributed by atoms with van der Waals surface area (Å²) in [6, 6.07) is 3.78. The Morgan fingerprint density at radius 3 is 2.24 bits per heavy atom. The smallest absolute Gasteiger partial charge is 0.323 e. The molecule has 5 nitrogen and oxygen atoms in total. The number of rotatable bonds is 6. The quantitative estimate of drug-likeness (QED) is 0.658. The van der Waals surface area contributed by atoms with Gasteiger partial charge in [-0.25, -0.2) is 0 Å². The number of amides is 1. The van der Waals surface area contributed by atoms with Gasteiger partial charge < -0.3 is 10.4 Å². The van der Waals surface area contributed by atoms with Crippen LogP contribution in [0.5, 0.6) is 0 Å². The van der Waals surface area contributed by atoms with Gasteiger partial charge in [-0.1, -0.05) is 6.92 Å². The van der Waals surface area contributed by atoms with Gasteiger partial charge in [0.05, 0.1) is 12.2 Å². The first-order valence-electron chi connectivity index (χ1n) is 6.43. The molecule has 0 aromatic heterocycles. The summed E-state index contributed by atoms with van der Waals surface area (Å²) in [5.74, 6) is -1.28. The first-order chi connectivity index (χ1) is 9.69. The Morgan fingerprint density at radius 1 is 1.29 bits per heavy atom. The van der Waals surface area contributed by atoms with Crippen LogP contribution < -0.4 is 10.6 Å². The first-order valence-corrected chi connectivity index (χ1v) is 8.02. The molecule has 1 aromatic rings. The van der Waals surface area contributed by atoms with Crippen LogP contribution in [0.15, 0.2) is 21.1 Å². The molecular weight excluding hydrogens is 404 g/mol. The Balaban J connectivity index is 2.73. The highest BCUT2D eigenvalue weighted by Crippen LogP contribution is 2.32. The van der Waals surface area contributed by atoms with Gasteiger partial charge in [-0.05, 0) is 69.8 Å². The molecule has 0 heterocycles. The number of nitrogens with one attached hydrogen (secondary N) is 2. The van der Waals surface area contributed by atoms with E-state index < -0.39 is 11.5 Å². The van der Waals surface area contributed by atoms with E-state index >= 15 is 0 Å². The lowest BCUT2D eigenvalue weighted by molar-refractivity contribution is -0.144. The third kappa shape index (κ3) is 4.79. The highest BCUT2D eigenvalue weighted by atomic mass is 79.9. The number of carboxylic acid groups (broad SMARTS) is 1. The van der Waals surface area contributed by atoms with E-state index in [0.29, 0.717) is 12.1 Å². The Hall–Kier alpha value is -0.920. The molecule has 0 saturated carbocycles. The normalized spacial score (nSPS) is 13.6. The molecule has 0 aliphatic rings. The van der Waals surface area contributed by atoms with Gasteiger partial charge in [0, 0.05) is 8.95 Å². The van der Waals surface area contributed by atoms with E-state index in [0.717, 1.165) is 14.5 Å². The summed E-state index contributed by atoms with van der Waals surface area (Å²) >= 11 is 6.79. The average molecular weight is 422 g/mol. The summed E-state index contributed by atoms with van der Waals surface area (Å²) < 4.78 is 1.53. The molecule has 7 heteroatoms. The van der Waals surface area contributed by atoms with Crippen molar-refractivity contribution in [2.24, 2.45) is 0 Å². The lowest BCUT2D eigenvalue weighted by atomic mass is 9.99. The van der Waals surface area contributed by atoms with E-state index in [1.54, 1.807) is 13.8 Å². The van der Waals surface area contributed by atoms with E-state index in [1.807, 2.05) is 19.1 Å². The molecule has 0 spiro atoms. The summed E-state index contributed by atoms with van der Waals surface area (Å²) in [6.45, 7) is 5.18. The Labute approximate surface area is 140 Å². The van der Waals surface area contributed by atoms with Crippen molar-refractivity contribution in [3.05, 3.63) is 26.6 Å². The van der Waals surface area contributed by atoms with Crippen molar-refractivity contribution in [1.82, 2.24) is 5.32 Å². The minimum Gasteiger partial charge on any atom is -0.480 e. The van der Waals surface area contributed by atoms with Gasteiger partial charge in [-0.15, -0.1) is 0 Å². The number of anilines is 1.